The number of aliphatic hydroxyl groups excluding tert-OH is 1. The van der Waals surface area contributed by atoms with Crippen molar-refractivity contribution in [3.63, 3.8) is 0 Å². The number of hydrogen-bond acceptors (Lipinski definition) is 8. The maximum atomic E-state index is 10.3. The van der Waals surface area contributed by atoms with Gasteiger partial charge < -0.3 is 15.2 Å². The Kier molecular flexibility index (Phi) is 6.27. The molecule has 0 saturated heterocycles. The fourth-order valence-corrected chi connectivity index (χ4v) is 5.54. The van der Waals surface area contributed by atoms with E-state index in [4.69, 9.17) is 14.7 Å². The van der Waals surface area contributed by atoms with Crippen LogP contribution in [0.5, 0.6) is 11.5 Å². The van der Waals surface area contributed by atoms with Gasteiger partial charge in [0.2, 0.25) is 0 Å². The van der Waals surface area contributed by atoms with Gasteiger partial charge >= 0.3 is 0 Å². The van der Waals surface area contributed by atoms with Gasteiger partial charge in [-0.1, -0.05) is 30.2 Å². The van der Waals surface area contributed by atoms with Crippen LogP contribution in [0.15, 0.2) is 79.5 Å². The van der Waals surface area contributed by atoms with E-state index < -0.39 is 0 Å². The molecule has 0 spiro atoms. The summed E-state index contributed by atoms with van der Waals surface area (Å²) in [7, 11) is 0. The summed E-state index contributed by atoms with van der Waals surface area (Å²) in [6.45, 7) is 0. The highest BCUT2D eigenvalue weighted by Crippen LogP contribution is 2.36. The van der Waals surface area contributed by atoms with Crippen LogP contribution in [-0.4, -0.2) is 37.2 Å². The third-order valence-electron chi connectivity index (χ3n) is 6.40. The van der Waals surface area contributed by atoms with Crippen molar-refractivity contribution in [1.29, 1.82) is 0 Å². The molecule has 1 saturated carbocycles. The molecule has 0 bridgehead atoms. The van der Waals surface area contributed by atoms with Crippen LogP contribution in [0.25, 0.3) is 32.6 Å². The predicted octanol–water partition coefficient (Wildman–Crippen LogP) is 6.32. The molecular formula is C28H25N5O2S. The van der Waals surface area contributed by atoms with Gasteiger partial charge in [-0.05, 0) is 49.2 Å². The average molecular weight is 496 g/mol. The maximum absolute atomic E-state index is 10.3. The first-order valence-corrected chi connectivity index (χ1v) is 12.9. The molecule has 1 fully saturated rings. The number of aromatic nitrogens is 4. The molecule has 1 aliphatic rings. The number of anilines is 1. The van der Waals surface area contributed by atoms with E-state index in [-0.39, 0.29) is 12.1 Å². The zero-order valence-corrected chi connectivity index (χ0v) is 20.4. The standard InChI is InChI=1S/C28H25N5O2S/c34-25-8-2-1-7-23(25)32-28-33-24-10-9-20(14-26(24)36-28)35-21-13-22(18-5-3-11-29-15-18)27(31-17-21)19-6-4-12-30-16-19/h3-6,9-17,23,25,34H,1-2,7-8H2,(H,32,33)/t23-,25-/m1/s1. The van der Waals surface area contributed by atoms with Gasteiger partial charge in [-0.25, -0.2) is 4.98 Å². The van der Waals surface area contributed by atoms with Crippen molar-refractivity contribution in [3.8, 4) is 33.9 Å². The molecule has 7 nitrogen and oxygen atoms in total. The van der Waals surface area contributed by atoms with E-state index in [0.717, 1.165) is 63.4 Å². The predicted molar refractivity (Wildman–Crippen MR) is 142 cm³/mol. The highest BCUT2D eigenvalue weighted by atomic mass is 32.1. The molecular weight excluding hydrogens is 470 g/mol. The smallest absolute Gasteiger partial charge is 0.184 e. The van der Waals surface area contributed by atoms with Gasteiger partial charge in [-0.2, -0.15) is 0 Å². The molecule has 6 rings (SSSR count). The fourth-order valence-electron chi connectivity index (χ4n) is 4.58. The Labute approximate surface area is 212 Å². The summed E-state index contributed by atoms with van der Waals surface area (Å²) in [4.78, 5) is 18.0. The molecule has 0 amide bonds. The molecule has 1 aliphatic carbocycles. The molecule has 5 aromatic rings. The van der Waals surface area contributed by atoms with Gasteiger partial charge in [-0.15, -0.1) is 0 Å². The van der Waals surface area contributed by atoms with Crippen LogP contribution in [0.3, 0.4) is 0 Å². The Hall–Kier alpha value is -3.88. The minimum atomic E-state index is -0.319. The molecule has 36 heavy (non-hydrogen) atoms. The van der Waals surface area contributed by atoms with Crippen molar-refractivity contribution >= 4 is 26.7 Å². The summed E-state index contributed by atoms with van der Waals surface area (Å²) in [5.41, 5.74) is 4.53. The molecule has 180 valence electrons. The lowest BCUT2D eigenvalue weighted by molar-refractivity contribution is 0.116. The largest absolute Gasteiger partial charge is 0.456 e. The summed E-state index contributed by atoms with van der Waals surface area (Å²) in [5, 5.41) is 14.6. The maximum Gasteiger partial charge on any atom is 0.184 e. The van der Waals surface area contributed by atoms with Gasteiger partial charge in [0.05, 0.1) is 34.3 Å². The van der Waals surface area contributed by atoms with Crippen LogP contribution in [0.4, 0.5) is 5.13 Å². The first kappa shape index (κ1) is 22.6. The number of ether oxygens (including phenoxy) is 1. The monoisotopic (exact) mass is 495 g/mol. The van der Waals surface area contributed by atoms with Crippen LogP contribution in [0.2, 0.25) is 0 Å². The second-order valence-corrected chi connectivity index (χ2v) is 9.93. The Bertz CT molecular complexity index is 1480. The highest BCUT2D eigenvalue weighted by Gasteiger charge is 2.23. The lowest BCUT2D eigenvalue weighted by Gasteiger charge is -2.27. The van der Waals surface area contributed by atoms with Gasteiger partial charge in [0.1, 0.15) is 11.5 Å². The van der Waals surface area contributed by atoms with Crippen molar-refractivity contribution in [3.05, 3.63) is 79.5 Å². The summed E-state index contributed by atoms with van der Waals surface area (Å²) in [6, 6.07) is 15.7. The zero-order chi connectivity index (χ0) is 24.3. The molecule has 1 aromatic carbocycles. The molecule has 0 unspecified atom stereocenters. The number of hydrogen-bond donors (Lipinski definition) is 2. The molecule has 8 heteroatoms. The number of nitrogens with one attached hydrogen (secondary N) is 1. The number of nitrogens with zero attached hydrogens (tertiary/aromatic N) is 4. The third kappa shape index (κ3) is 4.78. The summed E-state index contributed by atoms with van der Waals surface area (Å²) in [5.74, 6) is 1.34. The van der Waals surface area contributed by atoms with Crippen LogP contribution in [-0.2, 0) is 0 Å². The highest BCUT2D eigenvalue weighted by molar-refractivity contribution is 7.22. The van der Waals surface area contributed by atoms with Crippen LogP contribution in [0, 0.1) is 0 Å². The first-order chi connectivity index (χ1) is 17.7. The second-order valence-electron chi connectivity index (χ2n) is 8.90. The Balaban J connectivity index is 1.28. The molecule has 2 N–H and O–H groups in total. The molecule has 2 atom stereocenters. The number of rotatable bonds is 6. The van der Waals surface area contributed by atoms with Gasteiger partial charge in [0.25, 0.3) is 0 Å². The number of pyridine rings is 3. The van der Waals surface area contributed by atoms with Crippen LogP contribution in [0.1, 0.15) is 25.7 Å². The van der Waals surface area contributed by atoms with Crippen molar-refractivity contribution in [2.24, 2.45) is 0 Å². The average Bonchev–Trinajstić information content (AvgIpc) is 3.33. The van der Waals surface area contributed by atoms with Crippen molar-refractivity contribution < 1.29 is 9.84 Å². The Morgan fingerprint density at radius 1 is 0.889 bits per heavy atom. The normalized spacial score (nSPS) is 17.7. The first-order valence-electron chi connectivity index (χ1n) is 12.1. The van der Waals surface area contributed by atoms with Gasteiger partial charge in [0, 0.05) is 47.5 Å². The topological polar surface area (TPSA) is 93.0 Å². The third-order valence-corrected chi connectivity index (χ3v) is 7.35. The van der Waals surface area contributed by atoms with E-state index in [1.807, 2.05) is 54.7 Å². The summed E-state index contributed by atoms with van der Waals surface area (Å²) < 4.78 is 7.26. The molecule has 4 heterocycles. The summed E-state index contributed by atoms with van der Waals surface area (Å²) in [6.07, 6.45) is 12.6. The number of benzene rings is 1. The van der Waals surface area contributed by atoms with Gasteiger partial charge in [-0.3, -0.25) is 15.0 Å². The molecule has 0 aliphatic heterocycles. The van der Waals surface area contributed by atoms with E-state index in [2.05, 4.69) is 15.3 Å². The van der Waals surface area contributed by atoms with Crippen molar-refractivity contribution in [1.82, 2.24) is 19.9 Å². The zero-order valence-electron chi connectivity index (χ0n) is 19.5. The van der Waals surface area contributed by atoms with E-state index in [1.165, 1.54) is 0 Å². The van der Waals surface area contributed by atoms with E-state index in [9.17, 15) is 5.11 Å². The van der Waals surface area contributed by atoms with Gasteiger partial charge in [0.15, 0.2) is 5.13 Å². The number of thiazole rings is 1. The van der Waals surface area contributed by atoms with Crippen LogP contribution >= 0.6 is 11.3 Å². The SMILES string of the molecule is O[C@@H]1CCCC[C@H]1Nc1nc2ccc(Oc3cnc(-c4cccnc4)c(-c4cccnc4)c3)cc2s1. The van der Waals surface area contributed by atoms with E-state index in [0.29, 0.717) is 11.5 Å². The van der Waals surface area contributed by atoms with Crippen molar-refractivity contribution in [2.75, 3.05) is 5.32 Å². The van der Waals surface area contributed by atoms with E-state index in [1.54, 1.807) is 36.1 Å². The fraction of sp³-hybridized carbons (Fsp3) is 0.214. The van der Waals surface area contributed by atoms with Crippen LogP contribution < -0.4 is 10.1 Å². The summed E-state index contributed by atoms with van der Waals surface area (Å²) >= 11 is 1.57. The minimum Gasteiger partial charge on any atom is -0.456 e. The lowest BCUT2D eigenvalue weighted by Crippen LogP contribution is -2.36. The second kappa shape index (κ2) is 10.0. The Morgan fingerprint density at radius 2 is 1.69 bits per heavy atom. The molecule has 0 radical (unpaired) electrons. The number of fused-ring (bicyclic) bond motifs is 1. The van der Waals surface area contributed by atoms with E-state index >= 15 is 0 Å². The quantitative estimate of drug-likeness (QED) is 0.285. The molecule has 4 aromatic heterocycles. The Morgan fingerprint density at radius 3 is 2.47 bits per heavy atom. The van der Waals surface area contributed by atoms with Crippen molar-refractivity contribution in [2.45, 2.75) is 37.8 Å². The number of aliphatic hydroxyl groups is 1. The minimum absolute atomic E-state index is 0.0605. The lowest BCUT2D eigenvalue weighted by atomic mass is 9.93.